The van der Waals surface area contributed by atoms with Crippen molar-refractivity contribution in [1.29, 1.82) is 5.26 Å². The van der Waals surface area contributed by atoms with Crippen LogP contribution in [0.15, 0.2) is 29.3 Å². The maximum Gasteiger partial charge on any atom is 0.191 e. The monoisotopic (exact) mass is 440 g/mol. The number of piperidine rings is 1. The second kappa shape index (κ2) is 11.0. The van der Waals surface area contributed by atoms with Gasteiger partial charge in [-0.25, -0.2) is 9.07 Å². The molecule has 9 heteroatoms. The van der Waals surface area contributed by atoms with Gasteiger partial charge in [0, 0.05) is 38.8 Å². The van der Waals surface area contributed by atoms with Crippen LogP contribution in [0.2, 0.25) is 0 Å². The van der Waals surface area contributed by atoms with E-state index in [1.54, 1.807) is 19.2 Å². The van der Waals surface area contributed by atoms with Crippen molar-refractivity contribution in [1.82, 2.24) is 25.3 Å². The van der Waals surface area contributed by atoms with Crippen LogP contribution in [0, 0.1) is 17.1 Å². The first-order valence-electron chi connectivity index (χ1n) is 11.2. The minimum atomic E-state index is -0.334. The number of anilines is 1. The van der Waals surface area contributed by atoms with Gasteiger partial charge in [0.2, 0.25) is 0 Å². The Morgan fingerprint density at radius 2 is 2.00 bits per heavy atom. The van der Waals surface area contributed by atoms with E-state index in [2.05, 4.69) is 45.5 Å². The maximum absolute atomic E-state index is 13.2. The molecule has 172 valence electrons. The summed E-state index contributed by atoms with van der Waals surface area (Å²) in [5, 5.41) is 20.9. The topological polar surface area (TPSA) is 107 Å². The summed E-state index contributed by atoms with van der Waals surface area (Å²) in [7, 11) is 1.78. The third-order valence-electron chi connectivity index (χ3n) is 5.88. The number of aliphatic imine (C=N–C) groups is 1. The SMILES string of the molecule is CN=C(NCCCc1nn(-c2ccc(F)cc2)c(N)c1C#N)NC1CCN(C(C)C)CC1. The number of likely N-dealkylation sites (tertiary alicyclic amines) is 1. The van der Waals surface area contributed by atoms with Gasteiger partial charge < -0.3 is 21.3 Å². The van der Waals surface area contributed by atoms with E-state index in [4.69, 9.17) is 5.73 Å². The first kappa shape index (κ1) is 23.5. The van der Waals surface area contributed by atoms with Crippen LogP contribution in [0.3, 0.4) is 0 Å². The number of halogens is 1. The Bertz CT molecular complexity index is 950. The molecule has 2 heterocycles. The van der Waals surface area contributed by atoms with E-state index < -0.39 is 0 Å². The highest BCUT2D eigenvalue weighted by molar-refractivity contribution is 5.79. The molecule has 1 aromatic heterocycles. The predicted molar refractivity (Wildman–Crippen MR) is 125 cm³/mol. The summed E-state index contributed by atoms with van der Waals surface area (Å²) < 4.78 is 14.7. The standard InChI is InChI=1S/C23H33FN8/c1-16(2)31-13-10-18(11-14-31)29-23(27-3)28-12-4-5-21-20(15-25)22(26)32(30-21)19-8-6-17(24)7-9-19/h6-9,16,18H,4-5,10-14,26H2,1-3H3,(H2,27,28,29). The van der Waals surface area contributed by atoms with E-state index in [1.165, 1.54) is 16.8 Å². The molecule has 0 spiro atoms. The van der Waals surface area contributed by atoms with Crippen molar-refractivity contribution in [2.75, 3.05) is 32.4 Å². The molecule has 2 aromatic rings. The number of nitrogen functional groups attached to an aromatic ring is 1. The Kier molecular flexibility index (Phi) is 8.06. The van der Waals surface area contributed by atoms with E-state index in [9.17, 15) is 9.65 Å². The molecule has 0 aliphatic carbocycles. The van der Waals surface area contributed by atoms with Crippen molar-refractivity contribution in [3.63, 3.8) is 0 Å². The van der Waals surface area contributed by atoms with Crippen LogP contribution in [0.1, 0.15) is 44.4 Å². The molecule has 4 N–H and O–H groups in total. The minimum absolute atomic E-state index is 0.271. The van der Waals surface area contributed by atoms with Crippen molar-refractivity contribution in [3.8, 4) is 11.8 Å². The van der Waals surface area contributed by atoms with Crippen LogP contribution in [0.25, 0.3) is 5.69 Å². The highest BCUT2D eigenvalue weighted by Crippen LogP contribution is 2.21. The van der Waals surface area contributed by atoms with Crippen LogP contribution >= 0.6 is 0 Å². The molecule has 1 aromatic carbocycles. The van der Waals surface area contributed by atoms with Gasteiger partial charge in [-0.2, -0.15) is 10.4 Å². The van der Waals surface area contributed by atoms with Crippen LogP contribution in [-0.4, -0.2) is 59.4 Å². The van der Waals surface area contributed by atoms with Gasteiger partial charge in [-0.15, -0.1) is 0 Å². The second-order valence-electron chi connectivity index (χ2n) is 8.36. The zero-order valence-electron chi connectivity index (χ0n) is 19.1. The number of nitrogens with two attached hydrogens (primary N) is 1. The lowest BCUT2D eigenvalue weighted by atomic mass is 10.0. The summed E-state index contributed by atoms with van der Waals surface area (Å²) in [5.41, 5.74) is 7.76. The van der Waals surface area contributed by atoms with Gasteiger partial charge in [0.25, 0.3) is 0 Å². The number of hydrogen-bond acceptors (Lipinski definition) is 5. The summed E-state index contributed by atoms with van der Waals surface area (Å²) in [6.07, 6.45) is 3.56. The van der Waals surface area contributed by atoms with Gasteiger partial charge in [-0.05, 0) is 63.8 Å². The van der Waals surface area contributed by atoms with Crippen LogP contribution in [0.5, 0.6) is 0 Å². The van der Waals surface area contributed by atoms with Crippen molar-refractivity contribution < 1.29 is 4.39 Å². The van der Waals surface area contributed by atoms with Gasteiger partial charge in [-0.3, -0.25) is 4.99 Å². The fourth-order valence-electron chi connectivity index (χ4n) is 3.97. The smallest absolute Gasteiger partial charge is 0.191 e. The molecule has 1 aliphatic rings. The van der Waals surface area contributed by atoms with E-state index >= 15 is 0 Å². The largest absolute Gasteiger partial charge is 0.382 e. The molecule has 1 aliphatic heterocycles. The third kappa shape index (κ3) is 5.77. The second-order valence-corrected chi connectivity index (χ2v) is 8.36. The Balaban J connectivity index is 1.51. The van der Waals surface area contributed by atoms with Gasteiger partial charge in [0.15, 0.2) is 5.96 Å². The Morgan fingerprint density at radius 3 is 2.59 bits per heavy atom. The molecule has 0 atom stereocenters. The van der Waals surface area contributed by atoms with Gasteiger partial charge in [0.1, 0.15) is 23.3 Å². The zero-order valence-corrected chi connectivity index (χ0v) is 19.1. The molecule has 8 nitrogen and oxygen atoms in total. The summed E-state index contributed by atoms with van der Waals surface area (Å²) in [6.45, 7) is 7.37. The quantitative estimate of drug-likeness (QED) is 0.347. The summed E-state index contributed by atoms with van der Waals surface area (Å²) in [5.74, 6) is 0.732. The number of benzene rings is 1. The molecular formula is C23H33FN8. The van der Waals surface area contributed by atoms with Gasteiger partial charge in [0.05, 0.1) is 11.4 Å². The van der Waals surface area contributed by atoms with E-state index in [-0.39, 0.29) is 11.6 Å². The van der Waals surface area contributed by atoms with Crippen molar-refractivity contribution in [2.24, 2.45) is 4.99 Å². The average Bonchev–Trinajstić information content (AvgIpc) is 3.11. The summed E-state index contributed by atoms with van der Waals surface area (Å²) in [4.78, 5) is 6.84. The lowest BCUT2D eigenvalue weighted by Gasteiger charge is -2.35. The Morgan fingerprint density at radius 1 is 1.31 bits per heavy atom. The molecule has 1 saturated heterocycles. The number of hydrogen-bond donors (Lipinski definition) is 3. The number of nitrogens with one attached hydrogen (secondary N) is 2. The summed E-state index contributed by atoms with van der Waals surface area (Å²) >= 11 is 0. The van der Waals surface area contributed by atoms with Gasteiger partial charge >= 0.3 is 0 Å². The first-order valence-corrected chi connectivity index (χ1v) is 11.2. The summed E-state index contributed by atoms with van der Waals surface area (Å²) in [6, 6.07) is 9.03. The van der Waals surface area contributed by atoms with E-state index in [1.807, 2.05) is 0 Å². The maximum atomic E-state index is 13.2. The van der Waals surface area contributed by atoms with Crippen LogP contribution in [0.4, 0.5) is 10.2 Å². The fourth-order valence-corrected chi connectivity index (χ4v) is 3.97. The van der Waals surface area contributed by atoms with Crippen molar-refractivity contribution in [2.45, 2.75) is 51.6 Å². The zero-order chi connectivity index (χ0) is 23.1. The van der Waals surface area contributed by atoms with E-state index in [0.717, 1.165) is 38.3 Å². The first-order chi connectivity index (χ1) is 15.4. The van der Waals surface area contributed by atoms with E-state index in [0.29, 0.717) is 42.0 Å². The third-order valence-corrected chi connectivity index (χ3v) is 5.88. The lowest BCUT2D eigenvalue weighted by Crippen LogP contribution is -2.50. The fraction of sp³-hybridized carbons (Fsp3) is 0.522. The van der Waals surface area contributed by atoms with Crippen LogP contribution < -0.4 is 16.4 Å². The normalized spacial score (nSPS) is 15.7. The molecule has 32 heavy (non-hydrogen) atoms. The molecule has 0 saturated carbocycles. The lowest BCUT2D eigenvalue weighted by molar-refractivity contribution is 0.167. The predicted octanol–water partition coefficient (Wildman–Crippen LogP) is 2.44. The molecule has 0 bridgehead atoms. The molecular weight excluding hydrogens is 407 g/mol. The highest BCUT2D eigenvalue weighted by Gasteiger charge is 2.21. The molecule has 0 unspecified atom stereocenters. The molecule has 3 rings (SSSR count). The van der Waals surface area contributed by atoms with Crippen molar-refractivity contribution in [3.05, 3.63) is 41.3 Å². The highest BCUT2D eigenvalue weighted by atomic mass is 19.1. The van der Waals surface area contributed by atoms with Crippen molar-refractivity contribution >= 4 is 11.8 Å². The molecule has 0 amide bonds. The number of aryl methyl sites for hydroxylation is 1. The minimum Gasteiger partial charge on any atom is -0.382 e. The Hall–Kier alpha value is -3.12. The van der Waals surface area contributed by atoms with Crippen LogP contribution in [-0.2, 0) is 6.42 Å². The number of rotatable bonds is 7. The number of aromatic nitrogens is 2. The van der Waals surface area contributed by atoms with Gasteiger partial charge in [-0.1, -0.05) is 0 Å². The molecule has 0 radical (unpaired) electrons. The Labute approximate surface area is 189 Å². The number of guanidine groups is 1. The average molecular weight is 441 g/mol. The molecule has 1 fully saturated rings. The number of nitrogens with zero attached hydrogens (tertiary/aromatic N) is 5. The number of nitriles is 1.